The zero-order valence-corrected chi connectivity index (χ0v) is 15.2. The Morgan fingerprint density at radius 2 is 1.66 bits per heavy atom. The summed E-state index contributed by atoms with van der Waals surface area (Å²) in [7, 11) is 0. The van der Waals surface area contributed by atoms with Crippen molar-refractivity contribution in [3.8, 4) is 0 Å². The maximum absolute atomic E-state index is 11.8. The van der Waals surface area contributed by atoms with Crippen molar-refractivity contribution in [1.29, 1.82) is 0 Å². The summed E-state index contributed by atoms with van der Waals surface area (Å²) in [4.78, 5) is 26.5. The third-order valence-corrected chi connectivity index (χ3v) is 4.67. The molecule has 29 heavy (non-hydrogen) atoms. The summed E-state index contributed by atoms with van der Waals surface area (Å²) in [5.41, 5.74) is 8.50. The lowest BCUT2D eigenvalue weighted by atomic mass is 10.0. The van der Waals surface area contributed by atoms with Crippen molar-refractivity contribution < 1.29 is 9.85 Å². The molecule has 9 heteroatoms. The Kier molecular flexibility index (Phi) is 4.19. The van der Waals surface area contributed by atoms with Crippen LogP contribution in [0.1, 0.15) is 5.56 Å². The second-order valence-corrected chi connectivity index (χ2v) is 6.57. The largest absolute Gasteiger partial charge is 0.399 e. The highest BCUT2D eigenvalue weighted by atomic mass is 16.6. The molecule has 0 aliphatic heterocycles. The number of nitrogen functional groups attached to an aromatic ring is 1. The predicted octanol–water partition coefficient (Wildman–Crippen LogP) is 4.84. The van der Waals surface area contributed by atoms with Gasteiger partial charge in [0.1, 0.15) is 5.39 Å². The molecule has 0 saturated heterocycles. The number of hydrogen-bond donors (Lipinski definition) is 2. The van der Waals surface area contributed by atoms with Crippen molar-refractivity contribution >= 4 is 50.2 Å². The quantitative estimate of drug-likeness (QED) is 0.220. The molecule has 0 spiro atoms. The Hall–Kier alpha value is -4.27. The minimum Gasteiger partial charge on any atom is -0.399 e. The van der Waals surface area contributed by atoms with E-state index in [0.717, 1.165) is 0 Å². The van der Waals surface area contributed by atoms with Crippen LogP contribution >= 0.6 is 0 Å². The highest BCUT2D eigenvalue weighted by molar-refractivity contribution is 6.13. The molecule has 4 rings (SSSR count). The van der Waals surface area contributed by atoms with E-state index in [-0.39, 0.29) is 11.4 Å². The fraction of sp³-hybridized carbons (Fsp3) is 0.0500. The first-order valence-corrected chi connectivity index (χ1v) is 8.63. The molecule has 144 valence electrons. The third-order valence-electron chi connectivity index (χ3n) is 4.67. The molecule has 9 nitrogen and oxygen atoms in total. The molecule has 4 aromatic rings. The number of nitrogens with zero attached hydrogens (tertiary/aromatic N) is 3. The van der Waals surface area contributed by atoms with E-state index in [9.17, 15) is 20.2 Å². The van der Waals surface area contributed by atoms with Gasteiger partial charge in [0, 0.05) is 34.5 Å². The lowest BCUT2D eigenvalue weighted by molar-refractivity contribution is -0.384. The van der Waals surface area contributed by atoms with E-state index >= 15 is 0 Å². The van der Waals surface area contributed by atoms with Gasteiger partial charge in [0.15, 0.2) is 0 Å². The van der Waals surface area contributed by atoms with Gasteiger partial charge in [0.2, 0.25) is 0 Å². The van der Waals surface area contributed by atoms with Crippen molar-refractivity contribution in [1.82, 2.24) is 4.98 Å². The molecular formula is C20H15N5O4. The lowest BCUT2D eigenvalue weighted by Gasteiger charge is -2.14. The summed E-state index contributed by atoms with van der Waals surface area (Å²) in [6.45, 7) is 1.66. The Morgan fingerprint density at radius 1 is 0.931 bits per heavy atom. The maximum atomic E-state index is 11.8. The Bertz CT molecular complexity index is 1300. The van der Waals surface area contributed by atoms with Gasteiger partial charge in [-0.15, -0.1) is 0 Å². The number of rotatable bonds is 4. The van der Waals surface area contributed by atoms with Gasteiger partial charge in [0.25, 0.3) is 11.4 Å². The van der Waals surface area contributed by atoms with Crippen LogP contribution < -0.4 is 11.1 Å². The first-order valence-electron chi connectivity index (χ1n) is 8.63. The Morgan fingerprint density at radius 3 is 2.31 bits per heavy atom. The normalized spacial score (nSPS) is 10.9. The smallest absolute Gasteiger partial charge is 0.283 e. The Labute approximate surface area is 164 Å². The minimum atomic E-state index is -0.504. The summed E-state index contributed by atoms with van der Waals surface area (Å²) in [6.07, 6.45) is 0. The number of hydrogen-bond acceptors (Lipinski definition) is 7. The van der Waals surface area contributed by atoms with E-state index in [2.05, 4.69) is 10.3 Å². The van der Waals surface area contributed by atoms with Crippen LogP contribution in [-0.4, -0.2) is 14.8 Å². The second kappa shape index (κ2) is 6.71. The molecule has 0 aliphatic carbocycles. The zero-order chi connectivity index (χ0) is 20.7. The van der Waals surface area contributed by atoms with Crippen molar-refractivity contribution in [3.05, 3.63) is 80.4 Å². The average Bonchev–Trinajstić information content (AvgIpc) is 2.68. The molecule has 0 amide bonds. The van der Waals surface area contributed by atoms with Gasteiger partial charge in [-0.3, -0.25) is 20.2 Å². The van der Waals surface area contributed by atoms with Crippen LogP contribution in [0.4, 0.5) is 28.4 Å². The first-order chi connectivity index (χ1) is 13.8. The fourth-order valence-corrected chi connectivity index (χ4v) is 3.30. The van der Waals surface area contributed by atoms with Crippen LogP contribution in [0, 0.1) is 27.2 Å². The maximum Gasteiger partial charge on any atom is 0.283 e. The van der Waals surface area contributed by atoms with Crippen LogP contribution in [0.3, 0.4) is 0 Å². The van der Waals surface area contributed by atoms with Gasteiger partial charge in [-0.25, -0.2) is 4.98 Å². The summed E-state index contributed by atoms with van der Waals surface area (Å²) in [5, 5.41) is 27.1. The number of benzene rings is 3. The van der Waals surface area contributed by atoms with Gasteiger partial charge in [-0.1, -0.05) is 6.07 Å². The van der Waals surface area contributed by atoms with E-state index < -0.39 is 9.85 Å². The third kappa shape index (κ3) is 3.14. The molecule has 0 fully saturated rings. The van der Waals surface area contributed by atoms with Gasteiger partial charge < -0.3 is 11.1 Å². The molecule has 0 unspecified atom stereocenters. The van der Waals surface area contributed by atoms with E-state index in [4.69, 9.17) is 5.73 Å². The lowest BCUT2D eigenvalue weighted by Crippen LogP contribution is -2.01. The number of non-ortho nitro benzene ring substituents is 1. The van der Waals surface area contributed by atoms with Gasteiger partial charge in [0.05, 0.1) is 26.6 Å². The first kappa shape index (κ1) is 18.1. The highest BCUT2D eigenvalue weighted by Crippen LogP contribution is 2.40. The SMILES string of the molecule is Cc1ccc2nc3cc([N+](=O)[O-])ccc3c(Nc3ccc(N)cc3)c2c1[N+](=O)[O-]. The van der Waals surface area contributed by atoms with Crippen molar-refractivity contribution in [2.75, 3.05) is 11.1 Å². The number of nitro benzene ring substituents is 2. The van der Waals surface area contributed by atoms with Crippen LogP contribution in [0.2, 0.25) is 0 Å². The number of anilines is 3. The molecule has 0 saturated carbocycles. The van der Waals surface area contributed by atoms with Crippen LogP contribution in [0.25, 0.3) is 21.8 Å². The second-order valence-electron chi connectivity index (χ2n) is 6.57. The van der Waals surface area contributed by atoms with E-state index in [1.807, 2.05) is 0 Å². The van der Waals surface area contributed by atoms with Gasteiger partial charge in [-0.2, -0.15) is 0 Å². The summed E-state index contributed by atoms with van der Waals surface area (Å²) in [6, 6.07) is 14.5. The van der Waals surface area contributed by atoms with Gasteiger partial charge in [-0.05, 0) is 43.3 Å². The molecule has 1 aromatic heterocycles. The average molecular weight is 389 g/mol. The molecule has 0 radical (unpaired) electrons. The molecule has 0 atom stereocenters. The molecular weight excluding hydrogens is 374 g/mol. The molecule has 3 aromatic carbocycles. The minimum absolute atomic E-state index is 0.0619. The van der Waals surface area contributed by atoms with Gasteiger partial charge >= 0.3 is 0 Å². The van der Waals surface area contributed by atoms with E-state index in [1.165, 1.54) is 12.1 Å². The standard InChI is InChI=1S/C20H15N5O4/c1-11-2-9-16-18(20(11)25(28)29)19(22-13-5-3-12(21)4-6-13)15-8-7-14(24(26)27)10-17(15)23-16/h2-10H,21H2,1H3,(H,22,23). The topological polar surface area (TPSA) is 137 Å². The number of fused-ring (bicyclic) bond motifs is 2. The zero-order valence-electron chi connectivity index (χ0n) is 15.2. The van der Waals surface area contributed by atoms with Crippen molar-refractivity contribution in [2.45, 2.75) is 6.92 Å². The number of pyridine rings is 1. The van der Waals surface area contributed by atoms with Crippen LogP contribution in [0.5, 0.6) is 0 Å². The number of nitrogens with two attached hydrogens (primary N) is 1. The van der Waals surface area contributed by atoms with Crippen molar-refractivity contribution in [2.24, 2.45) is 0 Å². The number of nitrogens with one attached hydrogen (secondary N) is 1. The highest BCUT2D eigenvalue weighted by Gasteiger charge is 2.23. The Balaban J connectivity index is 2.10. The molecule has 0 aliphatic rings. The fourth-order valence-electron chi connectivity index (χ4n) is 3.30. The molecule has 3 N–H and O–H groups in total. The molecule has 1 heterocycles. The van der Waals surface area contributed by atoms with Crippen LogP contribution in [-0.2, 0) is 0 Å². The number of aromatic nitrogens is 1. The van der Waals surface area contributed by atoms with E-state index in [1.54, 1.807) is 49.4 Å². The van der Waals surface area contributed by atoms with E-state index in [0.29, 0.717) is 44.4 Å². The van der Waals surface area contributed by atoms with Crippen molar-refractivity contribution in [3.63, 3.8) is 0 Å². The monoisotopic (exact) mass is 389 g/mol. The summed E-state index contributed by atoms with van der Waals surface area (Å²) >= 11 is 0. The molecule has 0 bridgehead atoms. The van der Waals surface area contributed by atoms with Crippen LogP contribution in [0.15, 0.2) is 54.6 Å². The number of nitro groups is 2. The number of aryl methyl sites for hydroxylation is 1. The predicted molar refractivity (Wildman–Crippen MR) is 111 cm³/mol. The summed E-state index contributed by atoms with van der Waals surface area (Å²) in [5.74, 6) is 0. The summed E-state index contributed by atoms with van der Waals surface area (Å²) < 4.78 is 0.